The second kappa shape index (κ2) is 11.5. The van der Waals surface area contributed by atoms with E-state index in [4.69, 9.17) is 9.84 Å². The van der Waals surface area contributed by atoms with Crippen LogP contribution < -0.4 is 9.64 Å². The number of Topliss-reactive ketones (excluding diaryl/α,β-unsaturated/α-hetero) is 1. The molecule has 0 spiro atoms. The number of aryl methyl sites for hydroxylation is 1. The molecule has 6 nitrogen and oxygen atoms in total. The molecule has 2 aromatic rings. The average Bonchev–Trinajstić information content (AvgIpc) is 2.81. The van der Waals surface area contributed by atoms with E-state index in [0.29, 0.717) is 5.56 Å². The molecule has 166 valence electrons. The quantitative estimate of drug-likeness (QED) is 0.436. The summed E-state index contributed by atoms with van der Waals surface area (Å²) in [4.78, 5) is 27.5. The molecule has 1 aliphatic rings. The van der Waals surface area contributed by atoms with E-state index in [1.54, 1.807) is 7.11 Å². The molecule has 0 aliphatic carbocycles. The SMILES string of the molecule is COc1ccc(N2CCN(CCCCc3ccc(C(=O)CCC(=O)O)cc3)CC2)cc1. The van der Waals surface area contributed by atoms with Gasteiger partial charge in [0.15, 0.2) is 5.78 Å². The number of methoxy groups -OCH3 is 1. The van der Waals surface area contributed by atoms with Crippen molar-refractivity contribution in [3.8, 4) is 5.75 Å². The van der Waals surface area contributed by atoms with Gasteiger partial charge in [0.05, 0.1) is 13.5 Å². The van der Waals surface area contributed by atoms with Crippen LogP contribution in [-0.2, 0) is 11.2 Å². The molecule has 0 bridgehead atoms. The molecular weight excluding hydrogens is 392 g/mol. The Morgan fingerprint density at radius 2 is 1.58 bits per heavy atom. The van der Waals surface area contributed by atoms with Crippen LogP contribution >= 0.6 is 0 Å². The van der Waals surface area contributed by atoms with E-state index < -0.39 is 5.97 Å². The Hall–Kier alpha value is -2.86. The lowest BCUT2D eigenvalue weighted by Gasteiger charge is -2.36. The highest BCUT2D eigenvalue weighted by Gasteiger charge is 2.16. The lowest BCUT2D eigenvalue weighted by atomic mass is 10.0. The summed E-state index contributed by atoms with van der Waals surface area (Å²) in [6.45, 7) is 5.37. The van der Waals surface area contributed by atoms with Gasteiger partial charge in [0, 0.05) is 43.9 Å². The molecule has 6 heteroatoms. The van der Waals surface area contributed by atoms with Gasteiger partial charge in [0.1, 0.15) is 5.75 Å². The molecule has 3 rings (SSSR count). The molecule has 1 saturated heterocycles. The molecule has 0 amide bonds. The highest BCUT2D eigenvalue weighted by Crippen LogP contribution is 2.20. The zero-order chi connectivity index (χ0) is 22.1. The predicted octanol–water partition coefficient (Wildman–Crippen LogP) is 3.89. The Kier molecular flexibility index (Phi) is 8.47. The molecule has 2 aromatic carbocycles. The normalized spacial score (nSPS) is 14.4. The first kappa shape index (κ1) is 22.8. The zero-order valence-electron chi connectivity index (χ0n) is 18.3. The van der Waals surface area contributed by atoms with Crippen LogP contribution in [0.2, 0.25) is 0 Å². The van der Waals surface area contributed by atoms with E-state index >= 15 is 0 Å². The molecule has 1 heterocycles. The summed E-state index contributed by atoms with van der Waals surface area (Å²) in [5.41, 5.74) is 3.07. The van der Waals surface area contributed by atoms with Gasteiger partial charge in [-0.2, -0.15) is 0 Å². The van der Waals surface area contributed by atoms with Gasteiger partial charge in [-0.05, 0) is 55.6 Å². The summed E-state index contributed by atoms with van der Waals surface area (Å²) in [5.74, 6) is -0.156. The minimum Gasteiger partial charge on any atom is -0.497 e. The second-order valence-corrected chi connectivity index (χ2v) is 8.00. The summed E-state index contributed by atoms with van der Waals surface area (Å²) in [6.07, 6.45) is 3.21. The van der Waals surface area contributed by atoms with Crippen LogP contribution in [-0.4, -0.2) is 61.6 Å². The Labute approximate surface area is 184 Å². The van der Waals surface area contributed by atoms with Crippen molar-refractivity contribution in [1.82, 2.24) is 4.90 Å². The predicted molar refractivity (Wildman–Crippen MR) is 122 cm³/mol. The maximum absolute atomic E-state index is 12.0. The smallest absolute Gasteiger partial charge is 0.303 e. The molecule has 0 saturated carbocycles. The molecule has 1 N–H and O–H groups in total. The van der Waals surface area contributed by atoms with Crippen molar-refractivity contribution in [2.45, 2.75) is 32.1 Å². The highest BCUT2D eigenvalue weighted by atomic mass is 16.5. The number of piperazine rings is 1. The first-order valence-corrected chi connectivity index (χ1v) is 11.0. The lowest BCUT2D eigenvalue weighted by molar-refractivity contribution is -0.136. The number of carbonyl (C=O) groups excluding carboxylic acids is 1. The average molecular weight is 425 g/mol. The van der Waals surface area contributed by atoms with Crippen molar-refractivity contribution in [1.29, 1.82) is 0 Å². The summed E-state index contributed by atoms with van der Waals surface area (Å²) in [5, 5.41) is 8.69. The second-order valence-electron chi connectivity index (χ2n) is 8.00. The zero-order valence-corrected chi connectivity index (χ0v) is 18.3. The Morgan fingerprint density at radius 1 is 0.903 bits per heavy atom. The number of ketones is 1. The van der Waals surface area contributed by atoms with E-state index in [9.17, 15) is 9.59 Å². The number of hydrogen-bond acceptors (Lipinski definition) is 5. The van der Waals surface area contributed by atoms with Crippen LogP contribution in [0.15, 0.2) is 48.5 Å². The number of benzene rings is 2. The number of anilines is 1. The van der Waals surface area contributed by atoms with Gasteiger partial charge >= 0.3 is 5.97 Å². The van der Waals surface area contributed by atoms with Crippen molar-refractivity contribution in [3.05, 3.63) is 59.7 Å². The fourth-order valence-electron chi connectivity index (χ4n) is 3.91. The van der Waals surface area contributed by atoms with Gasteiger partial charge < -0.3 is 14.7 Å². The third kappa shape index (κ3) is 7.10. The number of carbonyl (C=O) groups is 2. The first-order chi connectivity index (χ1) is 15.0. The van der Waals surface area contributed by atoms with Crippen LogP contribution in [0.4, 0.5) is 5.69 Å². The van der Waals surface area contributed by atoms with Gasteiger partial charge in [-0.15, -0.1) is 0 Å². The number of ether oxygens (including phenoxy) is 1. The van der Waals surface area contributed by atoms with Gasteiger partial charge in [-0.3, -0.25) is 14.5 Å². The molecule has 31 heavy (non-hydrogen) atoms. The molecule has 0 unspecified atom stereocenters. The molecule has 1 aliphatic heterocycles. The van der Waals surface area contributed by atoms with Gasteiger partial charge in [0.25, 0.3) is 0 Å². The minimum absolute atomic E-state index is 0.0560. The van der Waals surface area contributed by atoms with Crippen molar-refractivity contribution in [2.24, 2.45) is 0 Å². The molecule has 0 radical (unpaired) electrons. The number of unbranched alkanes of at least 4 members (excludes halogenated alkanes) is 1. The number of nitrogens with zero attached hydrogens (tertiary/aromatic N) is 2. The summed E-state index contributed by atoms with van der Waals surface area (Å²) >= 11 is 0. The van der Waals surface area contributed by atoms with Crippen LogP contribution in [0.3, 0.4) is 0 Å². The third-order valence-corrected chi connectivity index (χ3v) is 5.84. The number of carboxylic acids is 1. The molecule has 0 atom stereocenters. The van der Waals surface area contributed by atoms with Crippen molar-refractivity contribution in [2.75, 3.05) is 44.7 Å². The Bertz CT molecular complexity index is 841. The number of aliphatic carboxylic acids is 1. The van der Waals surface area contributed by atoms with Gasteiger partial charge in [-0.25, -0.2) is 0 Å². The van der Waals surface area contributed by atoms with Crippen LogP contribution in [0.1, 0.15) is 41.6 Å². The third-order valence-electron chi connectivity index (χ3n) is 5.84. The van der Waals surface area contributed by atoms with Gasteiger partial charge in [-0.1, -0.05) is 24.3 Å². The maximum Gasteiger partial charge on any atom is 0.303 e. The van der Waals surface area contributed by atoms with Gasteiger partial charge in [0.2, 0.25) is 0 Å². The highest BCUT2D eigenvalue weighted by molar-refractivity contribution is 5.97. The van der Waals surface area contributed by atoms with E-state index in [-0.39, 0.29) is 18.6 Å². The van der Waals surface area contributed by atoms with E-state index in [1.165, 1.54) is 11.3 Å². The monoisotopic (exact) mass is 424 g/mol. The first-order valence-electron chi connectivity index (χ1n) is 11.0. The standard InChI is InChI=1S/C25H32N2O4/c1-31-23-11-9-22(10-12-23)27-18-16-26(17-19-27)15-3-2-4-20-5-7-21(8-6-20)24(28)13-14-25(29)30/h5-12H,2-4,13-19H2,1H3,(H,29,30). The molecule has 1 fully saturated rings. The van der Waals surface area contributed by atoms with Crippen molar-refractivity contribution < 1.29 is 19.4 Å². The van der Waals surface area contributed by atoms with Crippen LogP contribution in [0.5, 0.6) is 5.75 Å². The molecular formula is C25H32N2O4. The summed E-state index contributed by atoms with van der Waals surface area (Å²) in [7, 11) is 1.69. The van der Waals surface area contributed by atoms with E-state index in [2.05, 4.69) is 21.9 Å². The van der Waals surface area contributed by atoms with Crippen LogP contribution in [0.25, 0.3) is 0 Å². The maximum atomic E-state index is 12.0. The van der Waals surface area contributed by atoms with E-state index in [1.807, 2.05) is 36.4 Å². The van der Waals surface area contributed by atoms with Crippen LogP contribution in [0, 0.1) is 0 Å². The number of hydrogen-bond donors (Lipinski definition) is 1. The number of carboxylic acid groups (broad SMARTS) is 1. The summed E-state index contributed by atoms with van der Waals surface area (Å²) < 4.78 is 5.23. The largest absolute Gasteiger partial charge is 0.497 e. The fourth-order valence-corrected chi connectivity index (χ4v) is 3.91. The van der Waals surface area contributed by atoms with Crippen molar-refractivity contribution in [3.63, 3.8) is 0 Å². The topological polar surface area (TPSA) is 70.1 Å². The van der Waals surface area contributed by atoms with Crippen molar-refractivity contribution >= 4 is 17.4 Å². The summed E-state index contributed by atoms with van der Waals surface area (Å²) in [6, 6.07) is 15.9. The Balaban J connectivity index is 1.33. The fraction of sp³-hybridized carbons (Fsp3) is 0.440. The van der Waals surface area contributed by atoms with E-state index in [0.717, 1.165) is 57.7 Å². The Morgan fingerprint density at radius 3 is 2.19 bits per heavy atom. The number of rotatable bonds is 11. The molecule has 0 aromatic heterocycles. The lowest BCUT2D eigenvalue weighted by Crippen LogP contribution is -2.46. The minimum atomic E-state index is -0.938.